The molecule has 2 aliphatic heterocycles. The Labute approximate surface area is 232 Å². The number of nitrogens with one attached hydrogen (secondary N) is 3. The molecule has 0 aliphatic carbocycles. The van der Waals surface area contributed by atoms with Crippen LogP contribution < -0.4 is 5.32 Å². The van der Waals surface area contributed by atoms with Gasteiger partial charge in [0.25, 0.3) is 0 Å². The van der Waals surface area contributed by atoms with Gasteiger partial charge in [0.1, 0.15) is 11.5 Å². The van der Waals surface area contributed by atoms with Crippen molar-refractivity contribution in [3.05, 3.63) is 69.3 Å². The molecule has 3 aromatic heterocycles. The molecule has 0 bridgehead atoms. The summed E-state index contributed by atoms with van der Waals surface area (Å²) >= 11 is 7.51. The van der Waals surface area contributed by atoms with Crippen molar-refractivity contribution in [2.24, 2.45) is 0 Å². The van der Waals surface area contributed by atoms with Crippen LogP contribution in [0.5, 0.6) is 0 Å². The normalized spacial score (nSPS) is 17.9. The van der Waals surface area contributed by atoms with Crippen LogP contribution in [-0.2, 0) is 9.63 Å². The number of aryl methyl sites for hydroxylation is 1. The highest BCUT2D eigenvalue weighted by Gasteiger charge is 2.42. The number of benzene rings is 1. The third-order valence-electron chi connectivity index (χ3n) is 6.49. The Morgan fingerprint density at radius 3 is 2.82 bits per heavy atom. The van der Waals surface area contributed by atoms with Crippen molar-refractivity contribution in [2.45, 2.75) is 49.5 Å². The van der Waals surface area contributed by atoms with Crippen molar-refractivity contribution in [3.63, 3.8) is 0 Å². The van der Waals surface area contributed by atoms with Gasteiger partial charge in [-0.05, 0) is 69.3 Å². The summed E-state index contributed by atoms with van der Waals surface area (Å²) in [6.07, 6.45) is 1.62. The van der Waals surface area contributed by atoms with Crippen molar-refractivity contribution in [2.75, 3.05) is 18.4 Å². The number of aromatic amines is 2. The lowest BCUT2D eigenvalue weighted by atomic mass is 9.81. The van der Waals surface area contributed by atoms with Crippen molar-refractivity contribution in [1.82, 2.24) is 20.0 Å². The highest BCUT2D eigenvalue weighted by Crippen LogP contribution is 2.46. The van der Waals surface area contributed by atoms with Gasteiger partial charge in [0.15, 0.2) is 16.0 Å². The number of ketones is 1. The Morgan fingerprint density at radius 2 is 2.08 bits per heavy atom. The molecule has 4 aromatic rings. The van der Waals surface area contributed by atoms with Crippen molar-refractivity contribution in [3.8, 4) is 0 Å². The summed E-state index contributed by atoms with van der Waals surface area (Å²) in [6.45, 7) is 8.04. The lowest BCUT2D eigenvalue weighted by Crippen LogP contribution is -2.45. The van der Waals surface area contributed by atoms with Gasteiger partial charge in [0.05, 0.1) is 41.3 Å². The van der Waals surface area contributed by atoms with Crippen LogP contribution in [0.1, 0.15) is 54.1 Å². The number of carboxylic acids is 1. The largest absolute Gasteiger partial charge is 0.477 e. The number of aromatic carboxylic acids is 1. The number of imidazole rings is 1. The number of hydrogen-bond acceptors (Lipinski definition) is 8. The molecule has 1 atom stereocenters. The molecule has 5 heterocycles. The van der Waals surface area contributed by atoms with Crippen LogP contribution in [0.2, 0.25) is 5.02 Å². The van der Waals surface area contributed by atoms with Crippen LogP contribution in [0.3, 0.4) is 0 Å². The number of aromatic nitrogens is 3. The van der Waals surface area contributed by atoms with E-state index in [0.29, 0.717) is 50.1 Å². The molecule has 4 N–H and O–H groups in total. The fourth-order valence-electron chi connectivity index (χ4n) is 5.11. The number of halogens is 1. The van der Waals surface area contributed by atoms with E-state index in [9.17, 15) is 14.7 Å². The first-order chi connectivity index (χ1) is 18.5. The number of Topliss-reactive ketones (excluding diaryl/α,β-unsaturated/α-hetero) is 1. The number of nitrogens with zero attached hydrogens (tertiary/aromatic N) is 2. The highest BCUT2D eigenvalue weighted by atomic mass is 35.5. The number of carbonyl (C=O) groups excluding carboxylic acids is 1. The quantitative estimate of drug-likeness (QED) is 0.238. The number of fused-ring (bicyclic) bond motifs is 2. The molecular formula is C27H26ClN5O5S. The number of hydroxylamine groups is 2. The standard InChI is InChI=1S/C27H26ClN5O5S/c1-12-7-13(28)8-15-22(12)32-26(31-15)39-19-6-5-18(37-19)20-14-9-29-24(25(35)36)23(14)30-16-10-33(38-27(2,3)4)11-17(34)21(16)20/h5-9,20,29-30H,10-11H2,1-4H3,(H,31,32)(H,35,36). The minimum absolute atomic E-state index is 0.0142. The molecule has 10 nitrogen and oxygen atoms in total. The second-order valence-corrected chi connectivity index (χ2v) is 12.0. The second kappa shape index (κ2) is 9.30. The van der Waals surface area contributed by atoms with E-state index in [2.05, 4.69) is 20.3 Å². The minimum atomic E-state index is -1.10. The number of H-pyrrole nitrogens is 2. The zero-order valence-electron chi connectivity index (χ0n) is 21.6. The fraction of sp³-hybridized carbons (Fsp3) is 0.296. The Hall–Kier alpha value is -3.51. The molecule has 0 spiro atoms. The summed E-state index contributed by atoms with van der Waals surface area (Å²) < 4.78 is 6.26. The third kappa shape index (κ3) is 4.76. The zero-order valence-corrected chi connectivity index (χ0v) is 23.2. The summed E-state index contributed by atoms with van der Waals surface area (Å²) in [7, 11) is 0. The Balaban J connectivity index is 1.37. The molecule has 202 valence electrons. The molecule has 2 aliphatic rings. The van der Waals surface area contributed by atoms with Crippen molar-refractivity contribution < 1.29 is 24.0 Å². The molecular weight excluding hydrogens is 542 g/mol. The van der Waals surface area contributed by atoms with Crippen LogP contribution in [0.25, 0.3) is 11.0 Å². The lowest BCUT2D eigenvalue weighted by Gasteiger charge is -2.38. The molecule has 39 heavy (non-hydrogen) atoms. The average Bonchev–Trinajstić information content (AvgIpc) is 3.55. The first kappa shape index (κ1) is 25.8. The maximum Gasteiger partial charge on any atom is 0.354 e. The van der Waals surface area contributed by atoms with Gasteiger partial charge in [-0.1, -0.05) is 11.6 Å². The first-order valence-corrected chi connectivity index (χ1v) is 13.5. The van der Waals surface area contributed by atoms with E-state index in [1.54, 1.807) is 11.3 Å². The summed E-state index contributed by atoms with van der Waals surface area (Å²) in [5, 5.41) is 16.4. The monoisotopic (exact) mass is 567 g/mol. The molecule has 0 saturated heterocycles. The molecule has 12 heteroatoms. The summed E-state index contributed by atoms with van der Waals surface area (Å²) in [4.78, 5) is 42.2. The third-order valence-corrected chi connectivity index (χ3v) is 7.51. The van der Waals surface area contributed by atoms with E-state index >= 15 is 0 Å². The number of anilines is 1. The van der Waals surface area contributed by atoms with E-state index in [1.165, 1.54) is 11.8 Å². The zero-order chi connectivity index (χ0) is 27.6. The molecule has 6 rings (SSSR count). The fourth-order valence-corrected chi connectivity index (χ4v) is 6.14. The van der Waals surface area contributed by atoms with Gasteiger partial charge in [0, 0.05) is 28.1 Å². The van der Waals surface area contributed by atoms with Crippen molar-refractivity contribution >= 4 is 51.8 Å². The maximum atomic E-state index is 13.5. The lowest BCUT2D eigenvalue weighted by molar-refractivity contribution is -0.223. The average molecular weight is 568 g/mol. The smallest absolute Gasteiger partial charge is 0.354 e. The predicted octanol–water partition coefficient (Wildman–Crippen LogP) is 5.72. The first-order valence-electron chi connectivity index (χ1n) is 12.3. The van der Waals surface area contributed by atoms with Gasteiger partial charge < -0.3 is 24.8 Å². The number of hydrogen-bond donors (Lipinski definition) is 4. The summed E-state index contributed by atoms with van der Waals surface area (Å²) in [5.41, 5.74) is 4.30. The molecule has 0 amide bonds. The molecule has 1 aromatic carbocycles. The number of rotatable bonds is 5. The topological polar surface area (TPSA) is 136 Å². The van der Waals surface area contributed by atoms with E-state index in [0.717, 1.165) is 16.6 Å². The van der Waals surface area contributed by atoms with Crippen LogP contribution in [0, 0.1) is 6.92 Å². The minimum Gasteiger partial charge on any atom is -0.477 e. The van der Waals surface area contributed by atoms with Crippen LogP contribution in [0.4, 0.5) is 5.69 Å². The van der Waals surface area contributed by atoms with Crippen LogP contribution in [-0.4, -0.2) is 55.6 Å². The van der Waals surface area contributed by atoms with Gasteiger partial charge in [0.2, 0.25) is 0 Å². The second-order valence-electron chi connectivity index (χ2n) is 10.6. The summed E-state index contributed by atoms with van der Waals surface area (Å²) in [6, 6.07) is 7.33. The Kier molecular flexibility index (Phi) is 6.14. The van der Waals surface area contributed by atoms with E-state index in [-0.39, 0.29) is 18.0 Å². The van der Waals surface area contributed by atoms with Gasteiger partial charge in [-0.25, -0.2) is 9.78 Å². The molecule has 0 radical (unpaired) electrons. The van der Waals surface area contributed by atoms with Gasteiger partial charge >= 0.3 is 5.97 Å². The number of carboxylic acid groups (broad SMARTS) is 1. The number of carbonyl (C=O) groups is 2. The van der Waals surface area contributed by atoms with E-state index in [1.807, 2.05) is 52.0 Å². The van der Waals surface area contributed by atoms with E-state index < -0.39 is 17.5 Å². The summed E-state index contributed by atoms with van der Waals surface area (Å²) in [5.74, 6) is -1.29. The molecule has 0 fully saturated rings. The van der Waals surface area contributed by atoms with Gasteiger partial charge in [-0.15, -0.1) is 0 Å². The van der Waals surface area contributed by atoms with Crippen molar-refractivity contribution in [1.29, 1.82) is 0 Å². The number of furan rings is 1. The van der Waals surface area contributed by atoms with Crippen LogP contribution in [0.15, 0.2) is 56.4 Å². The van der Waals surface area contributed by atoms with Crippen LogP contribution >= 0.6 is 23.4 Å². The molecule has 0 saturated carbocycles. The Morgan fingerprint density at radius 1 is 1.28 bits per heavy atom. The Bertz CT molecular complexity index is 1680. The SMILES string of the molecule is Cc1cc(Cl)cc2[nH]c(Sc3ccc(C4C5=C(CN(OC(C)(C)C)CC5=O)Nc5c4c[nH]c5C(=O)O)o3)nc12. The van der Waals surface area contributed by atoms with E-state index in [4.69, 9.17) is 20.9 Å². The maximum absolute atomic E-state index is 13.5. The van der Waals surface area contributed by atoms with Gasteiger partial charge in [-0.2, -0.15) is 5.06 Å². The highest BCUT2D eigenvalue weighted by molar-refractivity contribution is 7.99. The molecule has 1 unspecified atom stereocenters. The predicted molar refractivity (Wildman–Crippen MR) is 146 cm³/mol. The van der Waals surface area contributed by atoms with Gasteiger partial charge in [-0.3, -0.25) is 9.63 Å².